The van der Waals surface area contributed by atoms with Gasteiger partial charge in [-0.3, -0.25) is 9.59 Å². The van der Waals surface area contributed by atoms with Crippen LogP contribution in [0, 0.1) is 11.8 Å². The first-order chi connectivity index (χ1) is 9.75. The molecular weight excluding hydrogens is 252 g/mol. The minimum absolute atomic E-state index is 0.0164. The van der Waals surface area contributed by atoms with Gasteiger partial charge in [0.25, 0.3) is 0 Å². The lowest BCUT2D eigenvalue weighted by Crippen LogP contribution is -2.47. The fraction of sp³-hybridized carbons (Fsp3) is 0.500. The first kappa shape index (κ1) is 11.9. The number of fused-ring (bicyclic) bond motifs is 3. The maximum absolute atomic E-state index is 12.6. The summed E-state index contributed by atoms with van der Waals surface area (Å²) in [5, 5.41) is 3.36. The number of anilines is 2. The molecule has 2 unspecified atom stereocenters. The molecule has 2 fully saturated rings. The predicted octanol–water partition coefficient (Wildman–Crippen LogP) is 2.33. The van der Waals surface area contributed by atoms with E-state index in [4.69, 9.17) is 0 Å². The molecule has 1 saturated carbocycles. The second-order valence-corrected chi connectivity index (χ2v) is 6.05. The van der Waals surface area contributed by atoms with Crippen molar-refractivity contribution in [2.75, 3.05) is 16.8 Å². The molecule has 20 heavy (non-hydrogen) atoms. The Morgan fingerprint density at radius 3 is 2.60 bits per heavy atom. The maximum atomic E-state index is 12.6. The molecule has 1 aromatic rings. The summed E-state index contributed by atoms with van der Waals surface area (Å²) >= 11 is 0. The van der Waals surface area contributed by atoms with Crippen LogP contribution in [0.3, 0.4) is 0 Å². The van der Waals surface area contributed by atoms with E-state index >= 15 is 0 Å². The molecule has 2 heterocycles. The Bertz CT molecular complexity index is 574. The molecule has 1 N–H and O–H groups in total. The number of imide groups is 1. The zero-order valence-electron chi connectivity index (χ0n) is 11.4. The van der Waals surface area contributed by atoms with Gasteiger partial charge in [0.2, 0.25) is 11.8 Å². The molecule has 2 aliphatic heterocycles. The van der Waals surface area contributed by atoms with E-state index in [1.165, 1.54) is 4.90 Å². The summed E-state index contributed by atoms with van der Waals surface area (Å²) in [7, 11) is 0. The highest BCUT2D eigenvalue weighted by atomic mass is 16.2. The molecule has 1 aliphatic carbocycles. The number of benzene rings is 1. The van der Waals surface area contributed by atoms with Crippen LogP contribution in [0.25, 0.3) is 0 Å². The standard InChI is InChI=1S/C16H18N2O2/c19-15-10-6-7-11(9-10)16(20)18(15)14-5-1-4-13-12(14)3-2-8-17-13/h1,4-5,10-11,17H,2-3,6-9H2. The van der Waals surface area contributed by atoms with Gasteiger partial charge >= 0.3 is 0 Å². The Labute approximate surface area is 118 Å². The summed E-state index contributed by atoms with van der Waals surface area (Å²) in [6, 6.07) is 5.89. The molecule has 2 atom stereocenters. The van der Waals surface area contributed by atoms with Crippen molar-refractivity contribution in [3.8, 4) is 0 Å². The summed E-state index contributed by atoms with van der Waals surface area (Å²) in [6.45, 7) is 0.962. The van der Waals surface area contributed by atoms with Gasteiger partial charge in [-0.25, -0.2) is 4.90 Å². The normalized spacial score (nSPS) is 28.3. The second kappa shape index (κ2) is 4.33. The number of piperidine rings is 1. The molecule has 4 heteroatoms. The second-order valence-electron chi connectivity index (χ2n) is 6.05. The van der Waals surface area contributed by atoms with Crippen molar-refractivity contribution in [1.82, 2.24) is 0 Å². The largest absolute Gasteiger partial charge is 0.385 e. The fourth-order valence-electron chi connectivity index (χ4n) is 3.84. The highest BCUT2D eigenvalue weighted by molar-refractivity contribution is 6.19. The Morgan fingerprint density at radius 1 is 1.10 bits per heavy atom. The van der Waals surface area contributed by atoms with E-state index in [1.807, 2.05) is 18.2 Å². The molecule has 0 aromatic heterocycles. The molecule has 1 aromatic carbocycles. The first-order valence-corrected chi connectivity index (χ1v) is 7.49. The molecule has 3 aliphatic rings. The topological polar surface area (TPSA) is 49.4 Å². The van der Waals surface area contributed by atoms with Crippen LogP contribution in [0.5, 0.6) is 0 Å². The van der Waals surface area contributed by atoms with E-state index in [0.29, 0.717) is 0 Å². The van der Waals surface area contributed by atoms with E-state index in [0.717, 1.165) is 55.6 Å². The highest BCUT2D eigenvalue weighted by Crippen LogP contribution is 2.42. The van der Waals surface area contributed by atoms with Gasteiger partial charge in [-0.2, -0.15) is 0 Å². The SMILES string of the molecule is O=C1C2CCC(C2)C(=O)N1c1cccc2c1CCCN2. The van der Waals surface area contributed by atoms with Crippen molar-refractivity contribution in [3.63, 3.8) is 0 Å². The molecule has 0 radical (unpaired) electrons. The van der Waals surface area contributed by atoms with Crippen molar-refractivity contribution in [2.24, 2.45) is 11.8 Å². The number of hydrogen-bond acceptors (Lipinski definition) is 3. The van der Waals surface area contributed by atoms with Crippen LogP contribution in [-0.4, -0.2) is 18.4 Å². The minimum Gasteiger partial charge on any atom is -0.385 e. The van der Waals surface area contributed by atoms with Gasteiger partial charge in [-0.1, -0.05) is 6.07 Å². The van der Waals surface area contributed by atoms with Crippen LogP contribution in [0.4, 0.5) is 11.4 Å². The predicted molar refractivity (Wildman–Crippen MR) is 76.6 cm³/mol. The number of rotatable bonds is 1. The molecule has 4 rings (SSSR count). The molecule has 0 spiro atoms. The number of carbonyl (C=O) groups excluding carboxylic acids is 2. The van der Waals surface area contributed by atoms with Gasteiger partial charge in [0, 0.05) is 24.1 Å². The smallest absolute Gasteiger partial charge is 0.236 e. The quantitative estimate of drug-likeness (QED) is 0.797. The van der Waals surface area contributed by atoms with Crippen LogP contribution >= 0.6 is 0 Å². The lowest BCUT2D eigenvalue weighted by Gasteiger charge is -2.32. The Morgan fingerprint density at radius 2 is 1.85 bits per heavy atom. The Hall–Kier alpha value is -1.84. The van der Waals surface area contributed by atoms with E-state index in [2.05, 4.69) is 5.32 Å². The van der Waals surface area contributed by atoms with Crippen molar-refractivity contribution < 1.29 is 9.59 Å². The number of carbonyl (C=O) groups is 2. The van der Waals surface area contributed by atoms with E-state index in [9.17, 15) is 9.59 Å². The van der Waals surface area contributed by atoms with Crippen LogP contribution in [0.15, 0.2) is 18.2 Å². The molecule has 104 valence electrons. The van der Waals surface area contributed by atoms with Crippen molar-refractivity contribution >= 4 is 23.2 Å². The zero-order valence-corrected chi connectivity index (χ0v) is 11.4. The Balaban J connectivity index is 1.80. The number of nitrogens with zero attached hydrogens (tertiary/aromatic N) is 1. The summed E-state index contributed by atoms with van der Waals surface area (Å²) in [5.41, 5.74) is 3.02. The van der Waals surface area contributed by atoms with Gasteiger partial charge in [0.05, 0.1) is 5.69 Å². The van der Waals surface area contributed by atoms with E-state index < -0.39 is 0 Å². The van der Waals surface area contributed by atoms with Crippen molar-refractivity contribution in [1.29, 1.82) is 0 Å². The third kappa shape index (κ3) is 1.60. The monoisotopic (exact) mass is 270 g/mol. The van der Waals surface area contributed by atoms with Gasteiger partial charge in [-0.15, -0.1) is 0 Å². The van der Waals surface area contributed by atoms with Gasteiger partial charge in [-0.05, 0) is 49.8 Å². The Kier molecular flexibility index (Phi) is 2.59. The average molecular weight is 270 g/mol. The van der Waals surface area contributed by atoms with Gasteiger partial charge < -0.3 is 5.32 Å². The summed E-state index contributed by atoms with van der Waals surface area (Å²) in [5.74, 6) is 0.153. The molecule has 4 nitrogen and oxygen atoms in total. The van der Waals surface area contributed by atoms with E-state index in [-0.39, 0.29) is 23.7 Å². The van der Waals surface area contributed by atoms with Gasteiger partial charge in [0.1, 0.15) is 0 Å². The lowest BCUT2D eigenvalue weighted by atomic mass is 9.94. The third-order valence-electron chi connectivity index (χ3n) is 4.88. The minimum atomic E-state index is 0.0164. The van der Waals surface area contributed by atoms with Crippen LogP contribution < -0.4 is 10.2 Å². The van der Waals surface area contributed by atoms with Crippen LogP contribution in [0.2, 0.25) is 0 Å². The highest BCUT2D eigenvalue weighted by Gasteiger charge is 2.46. The summed E-state index contributed by atoms with van der Waals surface area (Å²) in [4.78, 5) is 26.6. The summed E-state index contributed by atoms with van der Waals surface area (Å²) < 4.78 is 0. The zero-order chi connectivity index (χ0) is 13.7. The van der Waals surface area contributed by atoms with E-state index in [1.54, 1.807) is 0 Å². The van der Waals surface area contributed by atoms with Crippen molar-refractivity contribution in [3.05, 3.63) is 23.8 Å². The van der Waals surface area contributed by atoms with Gasteiger partial charge in [0.15, 0.2) is 0 Å². The van der Waals surface area contributed by atoms with Crippen LogP contribution in [-0.2, 0) is 16.0 Å². The summed E-state index contributed by atoms with van der Waals surface area (Å²) in [6.07, 6.45) is 4.50. The average Bonchev–Trinajstić information content (AvgIpc) is 2.93. The third-order valence-corrected chi connectivity index (χ3v) is 4.88. The fourth-order valence-corrected chi connectivity index (χ4v) is 3.84. The molecular formula is C16H18N2O2. The number of hydrogen-bond donors (Lipinski definition) is 1. The maximum Gasteiger partial charge on any atom is 0.236 e. The molecule has 2 bridgehead atoms. The lowest BCUT2D eigenvalue weighted by molar-refractivity contribution is -0.133. The molecule has 2 amide bonds. The number of amides is 2. The van der Waals surface area contributed by atoms with Crippen molar-refractivity contribution in [2.45, 2.75) is 32.1 Å². The van der Waals surface area contributed by atoms with Crippen LogP contribution in [0.1, 0.15) is 31.2 Å². The molecule has 1 saturated heterocycles. The first-order valence-electron chi connectivity index (χ1n) is 7.49. The number of nitrogens with one attached hydrogen (secondary N) is 1.